The van der Waals surface area contributed by atoms with E-state index in [0.717, 1.165) is 44.9 Å². The Bertz CT molecular complexity index is 1740. The summed E-state index contributed by atoms with van der Waals surface area (Å²) in [5.74, 6) is -0.181. The lowest BCUT2D eigenvalue weighted by atomic mass is 9.33. The maximum atomic E-state index is 13.2. The molecule has 64 heavy (non-hydrogen) atoms. The molecule has 7 fully saturated rings. The lowest BCUT2D eigenvalue weighted by Gasteiger charge is -2.71. The Balaban J connectivity index is 1.08. The number of aliphatic hydroxyl groups is 9. The summed E-state index contributed by atoms with van der Waals surface area (Å²) in [7, 11) is 0. The average molecular weight is 913 g/mol. The van der Waals surface area contributed by atoms with E-state index in [1.165, 1.54) is 5.57 Å². The zero-order valence-electron chi connectivity index (χ0n) is 38.5. The molecule has 366 valence electrons. The molecule has 0 aromatic heterocycles. The van der Waals surface area contributed by atoms with Crippen LogP contribution in [0.1, 0.15) is 113 Å². The number of rotatable bonds is 9. The van der Waals surface area contributed by atoms with Gasteiger partial charge in [-0.15, -0.1) is 0 Å². The van der Waals surface area contributed by atoms with Gasteiger partial charge in [0.1, 0.15) is 67.1 Å². The number of ether oxygens (including phenoxy) is 6. The maximum absolute atomic E-state index is 13.2. The molecule has 0 bridgehead atoms. The highest BCUT2D eigenvalue weighted by atomic mass is 16.8. The summed E-state index contributed by atoms with van der Waals surface area (Å²) < 4.78 is 36.9. The van der Waals surface area contributed by atoms with Crippen LogP contribution in [0.3, 0.4) is 0 Å². The summed E-state index contributed by atoms with van der Waals surface area (Å²) in [6.07, 6.45) is -12.4. The van der Waals surface area contributed by atoms with Crippen LogP contribution in [0, 0.1) is 50.2 Å². The van der Waals surface area contributed by atoms with Gasteiger partial charge >= 0.3 is 5.97 Å². The zero-order chi connectivity index (χ0) is 46.7. The second-order valence-electron chi connectivity index (χ2n) is 23.0. The topological polar surface area (TPSA) is 275 Å². The first-order valence-electron chi connectivity index (χ1n) is 23.7. The van der Waals surface area contributed by atoms with Crippen LogP contribution in [0.25, 0.3) is 0 Å². The van der Waals surface area contributed by atoms with Gasteiger partial charge in [0.25, 0.3) is 0 Å². The number of carboxylic acids is 1. The van der Waals surface area contributed by atoms with Gasteiger partial charge in [-0.05, 0) is 109 Å². The fourth-order valence-corrected chi connectivity index (χ4v) is 14.8. The van der Waals surface area contributed by atoms with Crippen LogP contribution in [-0.2, 0) is 33.2 Å². The molecule has 5 aliphatic carbocycles. The van der Waals surface area contributed by atoms with Crippen molar-refractivity contribution in [3.8, 4) is 0 Å². The standard InChI is InChI=1S/C47H76O17/c1-42(2)14-16-47(41(57)58)17-15-45(6)22(23(47)18-42)8-9-28-44(5)12-11-29(43(3,4)27(44)10-13-46(28,45)7)62-40-37(64-38-34(55)30(51)24(50)21-59-38)36(32(53)26(20-49)61-40)63-39-35(56)33(54)31(52)25(19-48)60-39/h8,23-40,48-56H,9-21H2,1-7H3,(H,57,58)/t23?,24-,25-,26-,27?,28?,29+,30+,31-,32-,33+,34+,35-,36+,37-,38+,39+,40+,44+,45-,46-,47+/m1/s1. The summed E-state index contributed by atoms with van der Waals surface area (Å²) in [4.78, 5) is 13.2. The minimum atomic E-state index is -1.86. The van der Waals surface area contributed by atoms with Crippen molar-refractivity contribution in [2.75, 3.05) is 19.8 Å². The van der Waals surface area contributed by atoms with Gasteiger partial charge < -0.3 is 79.5 Å². The number of hydrogen-bond acceptors (Lipinski definition) is 16. The van der Waals surface area contributed by atoms with E-state index in [0.29, 0.717) is 25.2 Å². The smallest absolute Gasteiger partial charge is 0.310 e. The number of carboxylic acid groups (broad SMARTS) is 1. The van der Waals surface area contributed by atoms with Gasteiger partial charge in [0.15, 0.2) is 18.9 Å². The predicted molar refractivity (Wildman–Crippen MR) is 225 cm³/mol. The van der Waals surface area contributed by atoms with Crippen molar-refractivity contribution >= 4 is 5.97 Å². The zero-order valence-corrected chi connectivity index (χ0v) is 38.5. The number of aliphatic carboxylic acids is 1. The average Bonchev–Trinajstić information content (AvgIpc) is 3.23. The van der Waals surface area contributed by atoms with Crippen molar-refractivity contribution in [1.29, 1.82) is 0 Å². The van der Waals surface area contributed by atoms with E-state index in [2.05, 4.69) is 54.5 Å². The lowest BCUT2D eigenvalue weighted by molar-refractivity contribution is -0.395. The van der Waals surface area contributed by atoms with Crippen LogP contribution in [0.4, 0.5) is 0 Å². The Hall–Kier alpha value is -1.39. The van der Waals surface area contributed by atoms with Crippen LogP contribution in [0.2, 0.25) is 0 Å². The second-order valence-corrected chi connectivity index (χ2v) is 23.0. The fourth-order valence-electron chi connectivity index (χ4n) is 14.8. The number of allylic oxidation sites excluding steroid dienone is 2. The number of aliphatic hydroxyl groups excluding tert-OH is 9. The first kappa shape index (κ1) is 49.0. The molecule has 22 atom stereocenters. The number of carbonyl (C=O) groups is 1. The van der Waals surface area contributed by atoms with Crippen molar-refractivity contribution in [2.24, 2.45) is 50.2 Å². The molecule has 0 aromatic carbocycles. The van der Waals surface area contributed by atoms with Gasteiger partial charge in [-0.3, -0.25) is 4.79 Å². The Morgan fingerprint density at radius 2 is 1.30 bits per heavy atom. The molecule has 8 rings (SSSR count). The monoisotopic (exact) mass is 913 g/mol. The fraction of sp³-hybridized carbons (Fsp3) is 0.936. The molecule has 0 spiro atoms. The van der Waals surface area contributed by atoms with Crippen molar-refractivity contribution in [3.05, 3.63) is 11.6 Å². The highest BCUT2D eigenvalue weighted by molar-refractivity contribution is 5.76. The molecule has 3 heterocycles. The Kier molecular flexibility index (Phi) is 13.2. The van der Waals surface area contributed by atoms with Crippen LogP contribution in [0.15, 0.2) is 11.6 Å². The van der Waals surface area contributed by atoms with Crippen molar-refractivity contribution in [2.45, 2.75) is 205 Å². The van der Waals surface area contributed by atoms with E-state index in [4.69, 9.17) is 28.4 Å². The molecule has 10 N–H and O–H groups in total. The van der Waals surface area contributed by atoms with E-state index in [1.54, 1.807) is 0 Å². The molecule has 0 amide bonds. The normalized spacial score (nSPS) is 53.5. The molecule has 3 unspecified atom stereocenters. The first-order valence-corrected chi connectivity index (χ1v) is 23.7. The maximum Gasteiger partial charge on any atom is 0.310 e. The second kappa shape index (κ2) is 17.2. The van der Waals surface area contributed by atoms with Gasteiger partial charge in [-0.1, -0.05) is 60.1 Å². The predicted octanol–water partition coefficient (Wildman–Crippen LogP) is 1.35. The highest BCUT2D eigenvalue weighted by Crippen LogP contribution is 2.76. The minimum Gasteiger partial charge on any atom is -0.481 e. The Labute approximate surface area is 376 Å². The van der Waals surface area contributed by atoms with Gasteiger partial charge in [0, 0.05) is 0 Å². The molecular weight excluding hydrogens is 836 g/mol. The van der Waals surface area contributed by atoms with Crippen molar-refractivity contribution in [1.82, 2.24) is 0 Å². The van der Waals surface area contributed by atoms with E-state index >= 15 is 0 Å². The summed E-state index contributed by atoms with van der Waals surface area (Å²) in [6, 6.07) is 0. The van der Waals surface area contributed by atoms with Crippen LogP contribution >= 0.6 is 0 Å². The molecule has 3 saturated heterocycles. The Morgan fingerprint density at radius 3 is 1.97 bits per heavy atom. The first-order chi connectivity index (χ1) is 29.9. The summed E-state index contributed by atoms with van der Waals surface area (Å²) >= 11 is 0. The van der Waals surface area contributed by atoms with E-state index in [1.807, 2.05) is 0 Å². The SMILES string of the molecule is CC1(C)CC[C@]2(C(=O)O)CC[C@]3(C)C(=CCC4[C@@]5(C)CC[C@H](O[C@@H]6O[C@H](CO)[C@@H](O)[C@H](O[C@@H]7O[C@H](CO)[C@@H](O)[C@H](O)[C@H]7O)[C@H]6O[C@@H]6OC[C@@H](O)[C@H](O)[C@@H]6O)C(C)(C)C5CC[C@]43C)C2C1. The molecule has 3 aliphatic heterocycles. The minimum absolute atomic E-state index is 0.00488. The van der Waals surface area contributed by atoms with E-state index in [-0.39, 0.29) is 33.5 Å². The highest BCUT2D eigenvalue weighted by Gasteiger charge is 2.70. The molecule has 17 heteroatoms. The molecule has 4 saturated carbocycles. The third-order valence-corrected chi connectivity index (χ3v) is 19.0. The van der Waals surface area contributed by atoms with Crippen molar-refractivity contribution in [3.63, 3.8) is 0 Å². The molecule has 0 aromatic rings. The third kappa shape index (κ3) is 7.58. The van der Waals surface area contributed by atoms with Gasteiger partial charge in [0.05, 0.1) is 31.3 Å². The van der Waals surface area contributed by atoms with Gasteiger partial charge in [0.2, 0.25) is 0 Å². The van der Waals surface area contributed by atoms with Gasteiger partial charge in [-0.25, -0.2) is 0 Å². The van der Waals surface area contributed by atoms with Crippen LogP contribution in [-0.4, -0.2) is 169 Å². The van der Waals surface area contributed by atoms with E-state index in [9.17, 15) is 55.9 Å². The number of hydrogen-bond donors (Lipinski definition) is 10. The quantitative estimate of drug-likeness (QED) is 0.116. The van der Waals surface area contributed by atoms with Crippen LogP contribution in [0.5, 0.6) is 0 Å². The molecule has 0 radical (unpaired) electrons. The summed E-state index contributed by atoms with van der Waals surface area (Å²) in [5.41, 5.74) is -0.169. The largest absolute Gasteiger partial charge is 0.481 e. The summed E-state index contributed by atoms with van der Waals surface area (Å²) in [6.45, 7) is 14.4. The molecule has 17 nitrogen and oxygen atoms in total. The van der Waals surface area contributed by atoms with Crippen molar-refractivity contribution < 1.29 is 84.3 Å². The van der Waals surface area contributed by atoms with Gasteiger partial charge in [-0.2, -0.15) is 0 Å². The lowest BCUT2D eigenvalue weighted by Crippen LogP contribution is -2.68. The molecule has 8 aliphatic rings. The summed E-state index contributed by atoms with van der Waals surface area (Å²) in [5, 5.41) is 107. The third-order valence-electron chi connectivity index (χ3n) is 19.0. The van der Waals surface area contributed by atoms with Crippen LogP contribution < -0.4 is 0 Å². The van der Waals surface area contributed by atoms with E-state index < -0.39 is 129 Å². The Morgan fingerprint density at radius 1 is 0.672 bits per heavy atom. The molecular formula is C47H76O17. The number of fused-ring (bicyclic) bond motifs is 7.